The first-order chi connectivity index (χ1) is 9.72. The van der Waals surface area contributed by atoms with Crippen LogP contribution in [0.25, 0.3) is 0 Å². The van der Waals surface area contributed by atoms with Gasteiger partial charge in [0, 0.05) is 13.1 Å². The molecular formula is C15H21N3O2. The van der Waals surface area contributed by atoms with Crippen molar-refractivity contribution in [1.29, 1.82) is 0 Å². The van der Waals surface area contributed by atoms with Gasteiger partial charge in [0.25, 0.3) is 0 Å². The molecule has 2 aliphatic heterocycles. The largest absolute Gasteiger partial charge is 0.454 e. The van der Waals surface area contributed by atoms with Crippen LogP contribution in [0.2, 0.25) is 0 Å². The molecule has 1 aromatic carbocycles. The van der Waals surface area contributed by atoms with E-state index in [-0.39, 0.29) is 0 Å². The Hall–Kier alpha value is -1.91. The van der Waals surface area contributed by atoms with E-state index in [1.807, 2.05) is 18.2 Å². The fourth-order valence-corrected chi connectivity index (χ4v) is 2.71. The smallest absolute Gasteiger partial charge is 0.231 e. The van der Waals surface area contributed by atoms with Crippen LogP contribution in [0.4, 0.5) is 0 Å². The lowest BCUT2D eigenvalue weighted by molar-refractivity contribution is 0.174. The molecule has 2 heterocycles. The van der Waals surface area contributed by atoms with E-state index in [1.165, 1.54) is 12.8 Å². The van der Waals surface area contributed by atoms with Crippen LogP contribution in [0.3, 0.4) is 0 Å². The van der Waals surface area contributed by atoms with E-state index in [0.29, 0.717) is 25.2 Å². The van der Waals surface area contributed by atoms with Crippen molar-refractivity contribution in [3.63, 3.8) is 0 Å². The number of piperidine rings is 1. The zero-order chi connectivity index (χ0) is 13.9. The minimum Gasteiger partial charge on any atom is -0.454 e. The van der Waals surface area contributed by atoms with Gasteiger partial charge in [-0.1, -0.05) is 13.0 Å². The molecule has 0 aromatic heterocycles. The lowest BCUT2D eigenvalue weighted by Crippen LogP contribution is -2.43. The van der Waals surface area contributed by atoms with Gasteiger partial charge in [-0.2, -0.15) is 0 Å². The number of aliphatic imine (C=N–C) groups is 1. The maximum Gasteiger partial charge on any atom is 0.231 e. The van der Waals surface area contributed by atoms with Gasteiger partial charge in [-0.25, -0.2) is 4.99 Å². The highest BCUT2D eigenvalue weighted by Gasteiger charge is 2.17. The molecule has 0 spiro atoms. The van der Waals surface area contributed by atoms with Gasteiger partial charge in [-0.05, 0) is 36.5 Å². The monoisotopic (exact) mass is 275 g/mol. The molecule has 1 saturated heterocycles. The molecule has 1 unspecified atom stereocenters. The summed E-state index contributed by atoms with van der Waals surface area (Å²) in [6.07, 6.45) is 2.48. The molecule has 0 amide bonds. The third-order valence-corrected chi connectivity index (χ3v) is 3.84. The molecule has 3 rings (SSSR count). The molecular weight excluding hydrogens is 254 g/mol. The zero-order valence-corrected chi connectivity index (χ0v) is 11.8. The molecule has 20 heavy (non-hydrogen) atoms. The van der Waals surface area contributed by atoms with Crippen LogP contribution < -0.4 is 15.2 Å². The molecule has 0 aliphatic carbocycles. The van der Waals surface area contributed by atoms with E-state index >= 15 is 0 Å². The summed E-state index contributed by atoms with van der Waals surface area (Å²) in [7, 11) is 0. The number of nitrogens with zero attached hydrogens (tertiary/aromatic N) is 2. The number of guanidine groups is 1. The van der Waals surface area contributed by atoms with Crippen molar-refractivity contribution in [3.05, 3.63) is 23.8 Å². The van der Waals surface area contributed by atoms with Crippen LogP contribution in [-0.2, 0) is 6.54 Å². The molecule has 2 aliphatic rings. The maximum atomic E-state index is 6.09. The third kappa shape index (κ3) is 2.81. The molecule has 0 radical (unpaired) electrons. The molecule has 5 nitrogen and oxygen atoms in total. The van der Waals surface area contributed by atoms with E-state index in [9.17, 15) is 0 Å². The van der Waals surface area contributed by atoms with E-state index in [1.54, 1.807) is 0 Å². The Bertz CT molecular complexity index is 516. The second-order valence-electron chi connectivity index (χ2n) is 5.56. The van der Waals surface area contributed by atoms with Crippen LogP contribution in [0.5, 0.6) is 11.5 Å². The van der Waals surface area contributed by atoms with Crippen molar-refractivity contribution in [2.24, 2.45) is 16.6 Å². The van der Waals surface area contributed by atoms with Crippen molar-refractivity contribution >= 4 is 5.96 Å². The standard InChI is InChI=1S/C15H21N3O2/c1-11-3-2-6-18(9-11)15(16)17-8-12-4-5-13-14(7-12)20-10-19-13/h4-5,7,11H,2-3,6,8-10H2,1H3,(H2,16,17). The zero-order valence-electron chi connectivity index (χ0n) is 11.8. The summed E-state index contributed by atoms with van der Waals surface area (Å²) in [5.74, 6) is 2.94. The second-order valence-corrected chi connectivity index (χ2v) is 5.56. The number of hydrogen-bond donors (Lipinski definition) is 1. The van der Waals surface area contributed by atoms with E-state index in [2.05, 4.69) is 16.8 Å². The first kappa shape index (κ1) is 13.1. The molecule has 1 atom stereocenters. The second kappa shape index (κ2) is 5.61. The van der Waals surface area contributed by atoms with E-state index < -0.39 is 0 Å². The van der Waals surface area contributed by atoms with Crippen molar-refractivity contribution in [1.82, 2.24) is 4.90 Å². The number of benzene rings is 1. The Kier molecular flexibility index (Phi) is 3.67. The first-order valence-corrected chi connectivity index (χ1v) is 7.16. The van der Waals surface area contributed by atoms with Gasteiger partial charge < -0.3 is 20.1 Å². The summed E-state index contributed by atoms with van der Waals surface area (Å²) in [6, 6.07) is 5.90. The van der Waals surface area contributed by atoms with Crippen molar-refractivity contribution < 1.29 is 9.47 Å². The van der Waals surface area contributed by atoms with Crippen LogP contribution in [0.1, 0.15) is 25.3 Å². The van der Waals surface area contributed by atoms with Gasteiger partial charge >= 0.3 is 0 Å². The predicted octanol–water partition coefficient (Wildman–Crippen LogP) is 1.96. The van der Waals surface area contributed by atoms with Crippen LogP contribution in [-0.4, -0.2) is 30.7 Å². The minimum atomic E-state index is 0.301. The Labute approximate surface area is 119 Å². The normalized spacial score (nSPS) is 22.1. The Morgan fingerprint density at radius 2 is 2.25 bits per heavy atom. The minimum absolute atomic E-state index is 0.301. The average Bonchev–Trinajstić information content (AvgIpc) is 2.92. The lowest BCUT2D eigenvalue weighted by atomic mass is 10.0. The predicted molar refractivity (Wildman–Crippen MR) is 77.9 cm³/mol. The highest BCUT2D eigenvalue weighted by atomic mass is 16.7. The number of ether oxygens (including phenoxy) is 2. The molecule has 2 N–H and O–H groups in total. The molecule has 1 aromatic rings. The number of likely N-dealkylation sites (tertiary alicyclic amines) is 1. The van der Waals surface area contributed by atoms with Gasteiger partial charge in [-0.15, -0.1) is 0 Å². The van der Waals surface area contributed by atoms with E-state index in [4.69, 9.17) is 15.2 Å². The fourth-order valence-electron chi connectivity index (χ4n) is 2.71. The number of fused-ring (bicyclic) bond motifs is 1. The van der Waals surface area contributed by atoms with Crippen LogP contribution in [0.15, 0.2) is 23.2 Å². The summed E-state index contributed by atoms with van der Waals surface area (Å²) in [5.41, 5.74) is 7.18. The van der Waals surface area contributed by atoms with Gasteiger partial charge in [0.05, 0.1) is 6.54 Å². The summed E-state index contributed by atoms with van der Waals surface area (Å²) >= 11 is 0. The van der Waals surface area contributed by atoms with Crippen molar-refractivity contribution in [3.8, 4) is 11.5 Å². The van der Waals surface area contributed by atoms with Gasteiger partial charge in [0.2, 0.25) is 6.79 Å². The molecule has 0 bridgehead atoms. The topological polar surface area (TPSA) is 60.1 Å². The molecule has 108 valence electrons. The highest BCUT2D eigenvalue weighted by Crippen LogP contribution is 2.32. The molecule has 0 saturated carbocycles. The van der Waals surface area contributed by atoms with Crippen molar-refractivity contribution in [2.75, 3.05) is 19.9 Å². The molecule has 5 heteroatoms. The number of rotatable bonds is 2. The maximum absolute atomic E-state index is 6.09. The van der Waals surface area contributed by atoms with Gasteiger partial charge in [0.15, 0.2) is 17.5 Å². The number of hydrogen-bond acceptors (Lipinski definition) is 3. The lowest BCUT2D eigenvalue weighted by Gasteiger charge is -2.31. The fraction of sp³-hybridized carbons (Fsp3) is 0.533. The molecule has 1 fully saturated rings. The number of nitrogens with two attached hydrogens (primary N) is 1. The highest BCUT2D eigenvalue weighted by molar-refractivity contribution is 5.78. The quantitative estimate of drug-likeness (QED) is 0.662. The Morgan fingerprint density at radius 3 is 3.10 bits per heavy atom. The summed E-state index contributed by atoms with van der Waals surface area (Å²) in [4.78, 5) is 6.68. The van der Waals surface area contributed by atoms with Gasteiger partial charge in [-0.3, -0.25) is 0 Å². The first-order valence-electron chi connectivity index (χ1n) is 7.16. The van der Waals surface area contributed by atoms with Gasteiger partial charge in [0.1, 0.15) is 0 Å². The van der Waals surface area contributed by atoms with Crippen LogP contribution >= 0.6 is 0 Å². The Balaban J connectivity index is 1.64. The summed E-state index contributed by atoms with van der Waals surface area (Å²) < 4.78 is 10.7. The summed E-state index contributed by atoms with van der Waals surface area (Å²) in [5, 5.41) is 0. The average molecular weight is 275 g/mol. The van der Waals surface area contributed by atoms with Crippen molar-refractivity contribution in [2.45, 2.75) is 26.3 Å². The van der Waals surface area contributed by atoms with Crippen LogP contribution in [0, 0.1) is 5.92 Å². The third-order valence-electron chi connectivity index (χ3n) is 3.84. The summed E-state index contributed by atoms with van der Waals surface area (Å²) in [6.45, 7) is 5.16. The SMILES string of the molecule is CC1CCCN(C(N)=NCc2ccc3c(c2)OCO3)C1. The van der Waals surface area contributed by atoms with E-state index in [0.717, 1.165) is 30.2 Å². The Morgan fingerprint density at radius 1 is 1.40 bits per heavy atom.